The Morgan fingerprint density at radius 2 is 2.03 bits per heavy atom. The van der Waals surface area contributed by atoms with E-state index < -0.39 is 0 Å². The van der Waals surface area contributed by atoms with Gasteiger partial charge in [0.05, 0.1) is 22.5 Å². The van der Waals surface area contributed by atoms with Gasteiger partial charge in [0.2, 0.25) is 11.9 Å². The highest BCUT2D eigenvalue weighted by Gasteiger charge is 2.28. The topological polar surface area (TPSA) is 80.7 Å². The number of carbonyl (C=O) groups is 1. The highest BCUT2D eigenvalue weighted by molar-refractivity contribution is 7.10. The maximum Gasteiger partial charge on any atom is 0.230 e. The molecule has 30 heavy (non-hydrogen) atoms. The van der Waals surface area contributed by atoms with Crippen LogP contribution in [0, 0.1) is 6.92 Å². The number of carbonyl (C=O) groups excluding carboxylic acids is 1. The normalized spacial score (nSPS) is 15.9. The molecule has 0 amide bonds. The lowest BCUT2D eigenvalue weighted by molar-refractivity contribution is 0.0963. The summed E-state index contributed by atoms with van der Waals surface area (Å²) in [5.74, 6) is 1.16. The standard InChI is InChI=1S/C23H21N5OS/c1-3-14-6-7-18-16(9-14)13(2)25-23(26-18)28-22-24-12-17-19(27-22)10-15(11-20(17)29)21-5-4-8-30-21/h4-9,12,15H,3,10-11H2,1-2H3,(H,24,25,26,27,28)/t15-/m0/s1. The second-order valence-corrected chi connectivity index (χ2v) is 8.54. The number of hydrogen-bond donors (Lipinski definition) is 1. The van der Waals surface area contributed by atoms with Crippen molar-refractivity contribution in [3.8, 4) is 0 Å². The van der Waals surface area contributed by atoms with Gasteiger partial charge in [-0.3, -0.25) is 10.1 Å². The summed E-state index contributed by atoms with van der Waals surface area (Å²) in [6, 6.07) is 10.4. The molecule has 1 aliphatic carbocycles. The number of nitrogens with zero attached hydrogens (tertiary/aromatic N) is 4. The molecule has 150 valence electrons. The Balaban J connectivity index is 1.45. The summed E-state index contributed by atoms with van der Waals surface area (Å²) in [5, 5.41) is 6.23. The van der Waals surface area contributed by atoms with E-state index in [0.29, 0.717) is 23.9 Å². The molecule has 1 aliphatic rings. The van der Waals surface area contributed by atoms with Gasteiger partial charge in [-0.05, 0) is 48.9 Å². The molecule has 0 radical (unpaired) electrons. The van der Waals surface area contributed by atoms with Crippen LogP contribution in [0.3, 0.4) is 0 Å². The first-order valence-electron chi connectivity index (χ1n) is 10.1. The molecular formula is C23H21N5OS. The summed E-state index contributed by atoms with van der Waals surface area (Å²) in [7, 11) is 0. The molecule has 0 fully saturated rings. The van der Waals surface area contributed by atoms with Gasteiger partial charge >= 0.3 is 0 Å². The van der Waals surface area contributed by atoms with Crippen LogP contribution >= 0.6 is 11.3 Å². The van der Waals surface area contributed by atoms with Crippen molar-refractivity contribution in [3.05, 3.63) is 69.3 Å². The number of aromatic nitrogens is 4. The van der Waals surface area contributed by atoms with Gasteiger partial charge in [0.15, 0.2) is 5.78 Å². The molecule has 5 rings (SSSR count). The third-order valence-electron chi connectivity index (χ3n) is 5.57. The number of hydrogen-bond acceptors (Lipinski definition) is 7. The average molecular weight is 416 g/mol. The maximum atomic E-state index is 12.6. The van der Waals surface area contributed by atoms with Gasteiger partial charge < -0.3 is 0 Å². The van der Waals surface area contributed by atoms with Gasteiger partial charge in [-0.2, -0.15) is 0 Å². The van der Waals surface area contributed by atoms with Crippen LogP contribution in [-0.2, 0) is 12.8 Å². The number of anilines is 2. The molecule has 1 N–H and O–H groups in total. The largest absolute Gasteiger partial charge is 0.294 e. The quantitative estimate of drug-likeness (QED) is 0.505. The Bertz CT molecular complexity index is 1250. The van der Waals surface area contributed by atoms with Crippen LogP contribution in [0.2, 0.25) is 0 Å². The fourth-order valence-electron chi connectivity index (χ4n) is 3.93. The van der Waals surface area contributed by atoms with Crippen molar-refractivity contribution in [2.45, 2.75) is 39.0 Å². The molecule has 0 saturated carbocycles. The summed E-state index contributed by atoms with van der Waals surface area (Å²) in [4.78, 5) is 32.0. The van der Waals surface area contributed by atoms with E-state index >= 15 is 0 Å². The Morgan fingerprint density at radius 3 is 2.83 bits per heavy atom. The number of thiophene rings is 1. The average Bonchev–Trinajstić information content (AvgIpc) is 3.28. The predicted octanol–water partition coefficient (Wildman–Crippen LogP) is 5.01. The second kappa shape index (κ2) is 7.57. The van der Waals surface area contributed by atoms with Gasteiger partial charge in [-0.1, -0.05) is 19.1 Å². The molecule has 0 saturated heterocycles. The first-order chi connectivity index (χ1) is 14.6. The fraction of sp³-hybridized carbons (Fsp3) is 0.261. The van der Waals surface area contributed by atoms with Crippen molar-refractivity contribution in [2.75, 3.05) is 5.32 Å². The van der Waals surface area contributed by atoms with Crippen molar-refractivity contribution in [3.63, 3.8) is 0 Å². The number of Topliss-reactive ketones (excluding diaryl/α,β-unsaturated/α-hetero) is 1. The first kappa shape index (κ1) is 18.8. The van der Waals surface area contributed by atoms with Crippen LogP contribution in [0.4, 0.5) is 11.9 Å². The number of nitrogens with one attached hydrogen (secondary N) is 1. The highest BCUT2D eigenvalue weighted by Crippen LogP contribution is 2.34. The molecule has 3 heterocycles. The summed E-state index contributed by atoms with van der Waals surface area (Å²) < 4.78 is 0. The second-order valence-electron chi connectivity index (χ2n) is 7.56. The molecule has 7 heteroatoms. The number of ketones is 1. The van der Waals surface area contributed by atoms with Crippen LogP contribution in [0.5, 0.6) is 0 Å². The zero-order chi connectivity index (χ0) is 20.7. The minimum atomic E-state index is 0.103. The van der Waals surface area contributed by atoms with Gasteiger partial charge in [0.25, 0.3) is 0 Å². The molecule has 6 nitrogen and oxygen atoms in total. The van der Waals surface area contributed by atoms with E-state index in [1.54, 1.807) is 17.5 Å². The molecule has 4 aromatic rings. The zero-order valence-electron chi connectivity index (χ0n) is 16.8. The van der Waals surface area contributed by atoms with Gasteiger partial charge in [-0.15, -0.1) is 11.3 Å². The van der Waals surface area contributed by atoms with Crippen molar-refractivity contribution in [2.24, 2.45) is 0 Å². The molecule has 1 aromatic carbocycles. The van der Waals surface area contributed by atoms with Crippen molar-refractivity contribution >= 4 is 39.9 Å². The molecule has 0 bridgehead atoms. The Hall–Kier alpha value is -3.19. The lowest BCUT2D eigenvalue weighted by Crippen LogP contribution is -2.20. The minimum absolute atomic E-state index is 0.103. The SMILES string of the molecule is CCc1ccc2nc(Nc3ncc4c(n3)C[C@H](c3cccs3)CC4=O)nc(C)c2c1. The number of aryl methyl sites for hydroxylation is 2. The lowest BCUT2D eigenvalue weighted by atomic mass is 9.86. The van der Waals surface area contributed by atoms with Gasteiger partial charge in [-0.25, -0.2) is 19.9 Å². The van der Waals surface area contributed by atoms with Crippen LogP contribution in [-0.4, -0.2) is 25.7 Å². The third kappa shape index (κ3) is 3.45. The van der Waals surface area contributed by atoms with Crippen molar-refractivity contribution in [1.82, 2.24) is 19.9 Å². The molecular weight excluding hydrogens is 394 g/mol. The molecule has 0 aliphatic heterocycles. The van der Waals surface area contributed by atoms with E-state index in [1.807, 2.05) is 24.4 Å². The predicted molar refractivity (Wildman–Crippen MR) is 119 cm³/mol. The lowest BCUT2D eigenvalue weighted by Gasteiger charge is -2.22. The smallest absolute Gasteiger partial charge is 0.230 e. The Labute approximate surface area is 178 Å². The van der Waals surface area contributed by atoms with Crippen molar-refractivity contribution < 1.29 is 4.79 Å². The molecule has 1 atom stereocenters. The van der Waals surface area contributed by atoms with Crippen LogP contribution in [0.1, 0.15) is 51.4 Å². The van der Waals surface area contributed by atoms with E-state index in [-0.39, 0.29) is 11.7 Å². The number of fused-ring (bicyclic) bond motifs is 2. The maximum absolute atomic E-state index is 12.6. The van der Waals surface area contributed by atoms with Crippen molar-refractivity contribution in [1.29, 1.82) is 0 Å². The Kier molecular flexibility index (Phi) is 4.75. The molecule has 0 unspecified atom stereocenters. The van der Waals surface area contributed by atoms with E-state index in [1.165, 1.54) is 10.4 Å². The van der Waals surface area contributed by atoms with Gasteiger partial charge in [0.1, 0.15) is 0 Å². The number of benzene rings is 1. The summed E-state index contributed by atoms with van der Waals surface area (Å²) in [6.45, 7) is 4.11. The van der Waals surface area contributed by atoms with Crippen LogP contribution in [0.25, 0.3) is 10.9 Å². The van der Waals surface area contributed by atoms with Gasteiger partial charge in [0, 0.05) is 28.8 Å². The highest BCUT2D eigenvalue weighted by atomic mass is 32.1. The number of rotatable bonds is 4. The minimum Gasteiger partial charge on any atom is -0.294 e. The fourth-order valence-corrected chi connectivity index (χ4v) is 4.76. The zero-order valence-corrected chi connectivity index (χ0v) is 17.7. The van der Waals surface area contributed by atoms with E-state index in [4.69, 9.17) is 0 Å². The summed E-state index contributed by atoms with van der Waals surface area (Å²) in [6.07, 6.45) is 3.84. The van der Waals surface area contributed by atoms with E-state index in [9.17, 15) is 4.79 Å². The monoisotopic (exact) mass is 415 g/mol. The van der Waals surface area contributed by atoms with E-state index in [2.05, 4.69) is 50.4 Å². The molecule has 0 spiro atoms. The van der Waals surface area contributed by atoms with E-state index in [0.717, 1.165) is 35.1 Å². The summed E-state index contributed by atoms with van der Waals surface area (Å²) >= 11 is 1.69. The Morgan fingerprint density at radius 1 is 1.13 bits per heavy atom. The van der Waals surface area contributed by atoms with Crippen LogP contribution in [0.15, 0.2) is 41.9 Å². The first-order valence-corrected chi connectivity index (χ1v) is 11.0. The third-order valence-corrected chi connectivity index (χ3v) is 6.60. The summed E-state index contributed by atoms with van der Waals surface area (Å²) in [5.41, 5.74) is 4.46. The van der Waals surface area contributed by atoms with Crippen LogP contribution < -0.4 is 5.32 Å². The molecule has 3 aromatic heterocycles.